The number of nitrogen functional groups attached to an aromatic ring is 1. The summed E-state index contributed by atoms with van der Waals surface area (Å²) in [4.78, 5) is 20.5. The van der Waals surface area contributed by atoms with Gasteiger partial charge in [-0.3, -0.25) is 0 Å². The molecule has 1 unspecified atom stereocenters. The van der Waals surface area contributed by atoms with Gasteiger partial charge in [-0.2, -0.15) is 0 Å². The Balaban J connectivity index is 2.00. The van der Waals surface area contributed by atoms with Crippen molar-refractivity contribution in [2.45, 2.75) is 45.3 Å². The second-order valence-corrected chi connectivity index (χ2v) is 6.78. The number of carbonyl (C=O) groups excluding carboxylic acids is 1. The maximum atomic E-state index is 12.2. The number of ether oxygens (including phenoxy) is 1. The van der Waals surface area contributed by atoms with Gasteiger partial charge >= 0.3 is 6.09 Å². The average Bonchev–Trinajstić information content (AvgIpc) is 2.45. The summed E-state index contributed by atoms with van der Waals surface area (Å²) >= 11 is 0. The van der Waals surface area contributed by atoms with Crippen LogP contribution in [0.2, 0.25) is 0 Å². The lowest BCUT2D eigenvalue weighted by molar-refractivity contribution is 0.0209. The number of hydrogen-bond donors (Lipinski definition) is 1. The number of rotatable bonds is 2. The number of piperidine rings is 1. The molecule has 6 nitrogen and oxygen atoms in total. The number of carbonyl (C=O) groups is 1. The summed E-state index contributed by atoms with van der Waals surface area (Å²) in [5.41, 5.74) is 5.86. The molecule has 0 aliphatic carbocycles. The van der Waals surface area contributed by atoms with Crippen molar-refractivity contribution in [3.8, 4) is 0 Å². The Morgan fingerprint density at radius 2 is 2.18 bits per heavy atom. The van der Waals surface area contributed by atoms with Gasteiger partial charge in [0.1, 0.15) is 11.4 Å². The summed E-state index contributed by atoms with van der Waals surface area (Å²) in [6.45, 7) is 7.33. The number of aromatic nitrogens is 1. The van der Waals surface area contributed by atoms with Crippen molar-refractivity contribution in [2.75, 3.05) is 30.8 Å². The van der Waals surface area contributed by atoms with E-state index in [4.69, 9.17) is 10.5 Å². The van der Waals surface area contributed by atoms with Gasteiger partial charge in [0.15, 0.2) is 0 Å². The summed E-state index contributed by atoms with van der Waals surface area (Å²) < 4.78 is 5.45. The molecule has 6 heteroatoms. The van der Waals surface area contributed by atoms with Gasteiger partial charge in [0.25, 0.3) is 0 Å². The van der Waals surface area contributed by atoms with E-state index < -0.39 is 5.60 Å². The maximum absolute atomic E-state index is 12.2. The van der Waals surface area contributed by atoms with Crippen molar-refractivity contribution < 1.29 is 9.53 Å². The van der Waals surface area contributed by atoms with E-state index in [1.165, 1.54) is 0 Å². The Morgan fingerprint density at radius 1 is 1.45 bits per heavy atom. The molecule has 22 heavy (non-hydrogen) atoms. The largest absolute Gasteiger partial charge is 0.444 e. The lowest BCUT2D eigenvalue weighted by Crippen LogP contribution is -2.50. The number of nitrogens with two attached hydrogens (primary N) is 1. The fourth-order valence-electron chi connectivity index (χ4n) is 2.55. The number of pyridine rings is 1. The molecular formula is C16H26N4O2. The van der Waals surface area contributed by atoms with E-state index in [0.29, 0.717) is 5.69 Å². The number of nitrogens with zero attached hydrogens (tertiary/aromatic N) is 3. The molecule has 122 valence electrons. The second-order valence-electron chi connectivity index (χ2n) is 6.78. The van der Waals surface area contributed by atoms with Gasteiger partial charge in [-0.25, -0.2) is 9.78 Å². The Hall–Kier alpha value is -1.98. The van der Waals surface area contributed by atoms with E-state index in [0.717, 1.165) is 31.7 Å². The molecule has 1 amide bonds. The molecule has 1 aliphatic heterocycles. The van der Waals surface area contributed by atoms with E-state index in [1.54, 1.807) is 18.1 Å². The zero-order chi connectivity index (χ0) is 16.3. The molecule has 0 saturated carbocycles. The average molecular weight is 306 g/mol. The molecule has 1 fully saturated rings. The zero-order valence-electron chi connectivity index (χ0n) is 13.9. The van der Waals surface area contributed by atoms with Gasteiger partial charge in [0.05, 0.1) is 17.9 Å². The smallest absolute Gasteiger partial charge is 0.410 e. The van der Waals surface area contributed by atoms with Crippen LogP contribution in [0.15, 0.2) is 18.3 Å². The quantitative estimate of drug-likeness (QED) is 0.909. The first-order chi connectivity index (χ1) is 10.3. The highest BCUT2D eigenvalue weighted by Gasteiger charge is 2.29. The van der Waals surface area contributed by atoms with Gasteiger partial charge in [-0.05, 0) is 45.7 Å². The number of likely N-dealkylation sites (N-methyl/N-ethyl adjacent to an activating group) is 1. The van der Waals surface area contributed by atoms with Gasteiger partial charge in [0, 0.05) is 20.1 Å². The van der Waals surface area contributed by atoms with Crippen LogP contribution in [-0.4, -0.2) is 47.8 Å². The summed E-state index contributed by atoms with van der Waals surface area (Å²) in [6.07, 6.45) is 3.38. The third-order valence-corrected chi connectivity index (χ3v) is 3.72. The first-order valence-electron chi connectivity index (χ1n) is 7.68. The van der Waals surface area contributed by atoms with Crippen molar-refractivity contribution >= 4 is 17.6 Å². The van der Waals surface area contributed by atoms with Crippen LogP contribution in [0, 0.1) is 0 Å². The van der Waals surface area contributed by atoms with Crippen LogP contribution in [-0.2, 0) is 4.74 Å². The Bertz CT molecular complexity index is 510. The van der Waals surface area contributed by atoms with Crippen molar-refractivity contribution in [3.05, 3.63) is 18.3 Å². The molecule has 0 bridgehead atoms. The number of hydrogen-bond acceptors (Lipinski definition) is 5. The standard InChI is InChI=1S/C16H26N4O2/c1-16(2,3)22-15(21)19(4)13-6-5-9-20(11-13)14-8-7-12(17)10-18-14/h7-8,10,13H,5-6,9,11,17H2,1-4H3. The van der Waals surface area contributed by atoms with Gasteiger partial charge < -0.3 is 20.3 Å². The van der Waals surface area contributed by atoms with Crippen LogP contribution in [0.4, 0.5) is 16.3 Å². The van der Waals surface area contributed by atoms with Crippen molar-refractivity contribution in [1.82, 2.24) is 9.88 Å². The SMILES string of the molecule is CN(C(=O)OC(C)(C)C)C1CCCN(c2ccc(N)cn2)C1. The van der Waals surface area contributed by atoms with Crippen molar-refractivity contribution in [2.24, 2.45) is 0 Å². The number of anilines is 2. The van der Waals surface area contributed by atoms with Crippen LogP contribution in [0.25, 0.3) is 0 Å². The predicted octanol–water partition coefficient (Wildman–Crippen LogP) is 2.50. The van der Waals surface area contributed by atoms with Crippen molar-refractivity contribution in [3.63, 3.8) is 0 Å². The molecular weight excluding hydrogens is 280 g/mol. The third kappa shape index (κ3) is 4.26. The van der Waals surface area contributed by atoms with E-state index in [-0.39, 0.29) is 12.1 Å². The molecule has 1 aromatic heterocycles. The highest BCUT2D eigenvalue weighted by atomic mass is 16.6. The van der Waals surface area contributed by atoms with Crippen LogP contribution in [0.5, 0.6) is 0 Å². The van der Waals surface area contributed by atoms with Gasteiger partial charge in [-0.1, -0.05) is 0 Å². The highest BCUT2D eigenvalue weighted by Crippen LogP contribution is 2.22. The molecule has 2 N–H and O–H groups in total. The molecule has 2 rings (SSSR count). The third-order valence-electron chi connectivity index (χ3n) is 3.72. The minimum atomic E-state index is -0.474. The maximum Gasteiger partial charge on any atom is 0.410 e. The molecule has 1 atom stereocenters. The Morgan fingerprint density at radius 3 is 2.77 bits per heavy atom. The predicted molar refractivity (Wildman–Crippen MR) is 87.9 cm³/mol. The van der Waals surface area contributed by atoms with Crippen LogP contribution < -0.4 is 10.6 Å². The second kappa shape index (κ2) is 6.42. The summed E-state index contributed by atoms with van der Waals surface area (Å²) in [7, 11) is 1.80. The van der Waals surface area contributed by atoms with E-state index in [2.05, 4.69) is 9.88 Å². The summed E-state index contributed by atoms with van der Waals surface area (Å²) in [5.74, 6) is 0.900. The van der Waals surface area contributed by atoms with Crippen LogP contribution in [0.1, 0.15) is 33.6 Å². The molecule has 0 aromatic carbocycles. The fourth-order valence-corrected chi connectivity index (χ4v) is 2.55. The normalized spacial score (nSPS) is 18.9. The lowest BCUT2D eigenvalue weighted by atomic mass is 10.0. The first-order valence-corrected chi connectivity index (χ1v) is 7.68. The first kappa shape index (κ1) is 16.4. The summed E-state index contributed by atoms with van der Waals surface area (Å²) in [5, 5.41) is 0. The Labute approximate surface area is 132 Å². The van der Waals surface area contributed by atoms with Crippen molar-refractivity contribution in [1.29, 1.82) is 0 Å². The molecule has 0 radical (unpaired) electrons. The van der Waals surface area contributed by atoms with E-state index >= 15 is 0 Å². The minimum Gasteiger partial charge on any atom is -0.444 e. The fraction of sp³-hybridized carbons (Fsp3) is 0.625. The van der Waals surface area contributed by atoms with Gasteiger partial charge in [-0.15, -0.1) is 0 Å². The molecule has 1 aromatic rings. The Kier molecular flexibility index (Phi) is 4.78. The van der Waals surface area contributed by atoms with E-state index in [1.807, 2.05) is 32.9 Å². The van der Waals surface area contributed by atoms with Crippen LogP contribution in [0.3, 0.4) is 0 Å². The topological polar surface area (TPSA) is 71.7 Å². The zero-order valence-corrected chi connectivity index (χ0v) is 13.9. The lowest BCUT2D eigenvalue weighted by Gasteiger charge is -2.38. The van der Waals surface area contributed by atoms with E-state index in [9.17, 15) is 4.79 Å². The van der Waals surface area contributed by atoms with Gasteiger partial charge in [0.2, 0.25) is 0 Å². The summed E-state index contributed by atoms with van der Waals surface area (Å²) in [6, 6.07) is 3.90. The highest BCUT2D eigenvalue weighted by molar-refractivity contribution is 5.68. The monoisotopic (exact) mass is 306 g/mol. The molecule has 0 spiro atoms. The minimum absolute atomic E-state index is 0.128. The number of amides is 1. The van der Waals surface area contributed by atoms with Crippen LogP contribution >= 0.6 is 0 Å². The molecule has 1 saturated heterocycles. The molecule has 1 aliphatic rings. The molecule has 2 heterocycles.